The number of β-amino-alcohol motifs (C(OH)–C–C–N with tert-alkyl or cyclic N) is 1. The molecule has 5 aromatic rings. The highest BCUT2D eigenvalue weighted by Gasteiger charge is 2.41. The van der Waals surface area contributed by atoms with Crippen LogP contribution in [0.3, 0.4) is 0 Å². The lowest BCUT2D eigenvalue weighted by Crippen LogP contribution is -2.49. The smallest absolute Gasteiger partial charge is 0.378 e. The van der Waals surface area contributed by atoms with Crippen LogP contribution in [-0.4, -0.2) is 59.9 Å². The molecule has 6 rings (SSSR count). The van der Waals surface area contributed by atoms with Crippen molar-refractivity contribution in [2.24, 2.45) is 0 Å². The zero-order valence-electron chi connectivity index (χ0n) is 34.0. The molecule has 1 heterocycles. The lowest BCUT2D eigenvalue weighted by atomic mass is 9.85. The van der Waals surface area contributed by atoms with Crippen LogP contribution >= 0.6 is 15.9 Å². The molecule has 11 nitrogen and oxygen atoms in total. The van der Waals surface area contributed by atoms with Crippen LogP contribution in [0.5, 0.6) is 0 Å². The number of hydrogen-bond donors (Lipinski definition) is 4. The summed E-state index contributed by atoms with van der Waals surface area (Å²) in [5.74, 6) is -2.69. The number of halogens is 7. The highest BCUT2D eigenvalue weighted by atomic mass is 79.9. The summed E-state index contributed by atoms with van der Waals surface area (Å²) in [6, 6.07) is 28.1. The Labute approximate surface area is 371 Å². The van der Waals surface area contributed by atoms with Crippen LogP contribution in [0, 0.1) is 34.0 Å². The number of hydrogen-bond acceptors (Lipinski definition) is 9. The number of nitrogens with zero attached hydrogens (tertiary/aromatic N) is 5. The predicted octanol–water partition coefficient (Wildman–Crippen LogP) is 8.94. The average Bonchev–Trinajstić information content (AvgIpc) is 3.58. The van der Waals surface area contributed by atoms with Crippen molar-refractivity contribution >= 4 is 50.5 Å². The van der Waals surface area contributed by atoms with E-state index in [2.05, 4.69) is 32.6 Å². The summed E-state index contributed by atoms with van der Waals surface area (Å²) in [4.78, 5) is 30.2. The van der Waals surface area contributed by atoms with Crippen LogP contribution < -0.4 is 20.4 Å². The van der Waals surface area contributed by atoms with Gasteiger partial charge in [0.15, 0.2) is 11.2 Å². The molecule has 4 N–H and O–H groups in total. The van der Waals surface area contributed by atoms with Gasteiger partial charge < -0.3 is 30.6 Å². The molecule has 0 aliphatic carbocycles. The van der Waals surface area contributed by atoms with Gasteiger partial charge in [-0.1, -0.05) is 46.3 Å². The van der Waals surface area contributed by atoms with Crippen molar-refractivity contribution in [2.45, 2.75) is 43.3 Å². The lowest BCUT2D eigenvalue weighted by molar-refractivity contribution is -0.138. The van der Waals surface area contributed by atoms with E-state index >= 15 is 0 Å². The van der Waals surface area contributed by atoms with Gasteiger partial charge in [-0.25, -0.2) is 0 Å². The van der Waals surface area contributed by atoms with Gasteiger partial charge >= 0.3 is 12.4 Å². The van der Waals surface area contributed by atoms with Gasteiger partial charge in [-0.15, -0.1) is 0 Å². The largest absolute Gasteiger partial charge is 0.417 e. The maximum absolute atomic E-state index is 13.7. The Bertz CT molecular complexity index is 2780. The van der Waals surface area contributed by atoms with Gasteiger partial charge in [-0.2, -0.15) is 42.1 Å². The number of likely N-dealkylation sites (N-methyl/N-ethyl adjacent to an activating group) is 1. The van der Waals surface area contributed by atoms with Crippen LogP contribution in [0.4, 0.5) is 49.1 Å². The van der Waals surface area contributed by atoms with Crippen molar-refractivity contribution in [1.29, 1.82) is 15.8 Å². The zero-order chi connectivity index (χ0) is 46.9. The van der Waals surface area contributed by atoms with Gasteiger partial charge in [0.05, 0.1) is 53.0 Å². The molecule has 0 saturated heterocycles. The Kier molecular flexibility index (Phi) is 12.9. The van der Waals surface area contributed by atoms with Gasteiger partial charge in [0, 0.05) is 52.3 Å². The molecule has 18 heteroatoms. The highest BCUT2D eigenvalue weighted by molar-refractivity contribution is 9.10. The Balaban J connectivity index is 1.34. The van der Waals surface area contributed by atoms with Crippen LogP contribution in [-0.2, 0) is 21.9 Å². The Morgan fingerprint density at radius 1 is 0.750 bits per heavy atom. The Morgan fingerprint density at radius 2 is 1.30 bits per heavy atom. The molecule has 64 heavy (non-hydrogen) atoms. The van der Waals surface area contributed by atoms with Gasteiger partial charge in [0.1, 0.15) is 6.07 Å². The minimum atomic E-state index is -4.89. The molecule has 2 amide bonds. The number of carbonyl (C=O) groups is 2. The van der Waals surface area contributed by atoms with Crippen LogP contribution in [0.1, 0.15) is 58.7 Å². The molecule has 1 unspecified atom stereocenters. The van der Waals surface area contributed by atoms with E-state index in [4.69, 9.17) is 5.26 Å². The van der Waals surface area contributed by atoms with Crippen molar-refractivity contribution in [3.8, 4) is 29.3 Å². The van der Waals surface area contributed by atoms with E-state index in [0.29, 0.717) is 50.2 Å². The summed E-state index contributed by atoms with van der Waals surface area (Å²) in [5.41, 5.74) is -5.32. The van der Waals surface area contributed by atoms with Crippen molar-refractivity contribution < 1.29 is 46.1 Å². The molecule has 1 aliphatic heterocycles. The molecule has 0 radical (unpaired) electrons. The van der Waals surface area contributed by atoms with E-state index in [1.165, 1.54) is 30.9 Å². The number of nitriles is 3. The van der Waals surface area contributed by atoms with E-state index in [1.807, 2.05) is 6.07 Å². The topological polar surface area (TPSA) is 177 Å². The summed E-state index contributed by atoms with van der Waals surface area (Å²) in [7, 11) is 1.57. The third-order valence-electron chi connectivity index (χ3n) is 10.7. The normalized spacial score (nSPS) is 15.4. The first-order valence-electron chi connectivity index (χ1n) is 19.2. The molecular formula is C46H36BrF6N7O4. The van der Waals surface area contributed by atoms with Crippen LogP contribution in [0.25, 0.3) is 11.1 Å². The number of alkyl halides is 6. The molecule has 0 fully saturated rings. The van der Waals surface area contributed by atoms with Crippen molar-refractivity contribution in [3.05, 3.63) is 140 Å². The van der Waals surface area contributed by atoms with Crippen molar-refractivity contribution in [3.63, 3.8) is 0 Å². The third-order valence-corrected chi connectivity index (χ3v) is 11.2. The van der Waals surface area contributed by atoms with Gasteiger partial charge in [0.2, 0.25) is 0 Å². The summed E-state index contributed by atoms with van der Waals surface area (Å²) in [6.45, 7) is 1.70. The van der Waals surface area contributed by atoms with Crippen molar-refractivity contribution in [2.75, 3.05) is 47.1 Å². The van der Waals surface area contributed by atoms with Gasteiger partial charge in [-0.05, 0) is 97.3 Å². The molecule has 5 aromatic carbocycles. The number of amides is 2. The molecular weight excluding hydrogens is 908 g/mol. The van der Waals surface area contributed by atoms with Crippen LogP contribution in [0.2, 0.25) is 0 Å². The fourth-order valence-corrected chi connectivity index (χ4v) is 7.93. The lowest BCUT2D eigenvalue weighted by Gasteiger charge is -2.31. The van der Waals surface area contributed by atoms with E-state index in [1.54, 1.807) is 66.5 Å². The average molecular weight is 945 g/mol. The second kappa shape index (κ2) is 17.7. The van der Waals surface area contributed by atoms with Crippen molar-refractivity contribution in [1.82, 2.24) is 0 Å². The van der Waals surface area contributed by atoms with Crippen LogP contribution in [0.15, 0.2) is 102 Å². The highest BCUT2D eigenvalue weighted by Crippen LogP contribution is 2.46. The fraction of sp³-hybridized carbons (Fsp3) is 0.239. The monoisotopic (exact) mass is 943 g/mol. The second-order valence-electron chi connectivity index (χ2n) is 15.6. The second-order valence-corrected chi connectivity index (χ2v) is 16.5. The molecule has 1 aliphatic rings. The van der Waals surface area contributed by atoms with E-state index in [9.17, 15) is 56.7 Å². The minimum absolute atomic E-state index is 0.0883. The number of anilines is 4. The molecule has 3 atom stereocenters. The summed E-state index contributed by atoms with van der Waals surface area (Å²) in [6.07, 6.45) is -9.78. The first-order chi connectivity index (χ1) is 30.0. The fourth-order valence-electron chi connectivity index (χ4n) is 7.55. The zero-order valence-corrected chi connectivity index (χ0v) is 35.6. The molecule has 0 aromatic heterocycles. The molecule has 0 saturated carbocycles. The van der Waals surface area contributed by atoms with E-state index in [0.717, 1.165) is 24.3 Å². The number of benzene rings is 5. The number of aliphatic hydroxyl groups is 2. The molecule has 0 spiro atoms. The Morgan fingerprint density at radius 3 is 1.81 bits per heavy atom. The number of fused-ring (bicyclic) bond motifs is 1. The summed E-state index contributed by atoms with van der Waals surface area (Å²) >= 11 is 3.51. The number of carbonyl (C=O) groups excluding carboxylic acids is 2. The van der Waals surface area contributed by atoms with E-state index in [-0.39, 0.29) is 30.0 Å². The summed E-state index contributed by atoms with van der Waals surface area (Å²) in [5, 5.41) is 56.8. The standard InChI is InChI=1S/C46H36BrF6N7O4/c1-43(63,41(61)57-30-12-9-27(20-54)38(16-30)45(48,49)50)24-59(3)32-18-33(26-7-5-4-6-8-26)36(22-56)34(19-32)37-23-60(40-14-11-29(47)15-35(37)40)25-44(2,64)42(62)58-31-13-10-28(21-55)39(17-31)46(51,52)53/h4-19,37,63-64H,23-25H2,1-3H3,(H,57,61)(H,58,62)/t37?,43-,44-/m0/s1. The summed E-state index contributed by atoms with van der Waals surface area (Å²) < 4.78 is 82.7. The quantitative estimate of drug-likeness (QED) is 0.0942. The third kappa shape index (κ3) is 9.82. The number of nitrogens with one attached hydrogen (secondary N) is 2. The maximum atomic E-state index is 13.7. The van der Waals surface area contributed by atoms with Gasteiger partial charge in [0.25, 0.3) is 11.8 Å². The van der Waals surface area contributed by atoms with Gasteiger partial charge in [-0.3, -0.25) is 9.59 Å². The SMILES string of the molecule is CN(C[C@](C)(O)C(=O)Nc1ccc(C#N)c(C(F)(F)F)c1)c1cc(-c2ccccc2)c(C#N)c(C2CN(C[C@](C)(O)C(=O)Nc3ccc(C#N)c(C(F)(F)F)c3)c3ccc(Br)cc32)c1. The maximum Gasteiger partial charge on any atom is 0.417 e. The molecule has 0 bridgehead atoms. The van der Waals surface area contributed by atoms with E-state index < -0.39 is 70.1 Å². The molecule has 328 valence electrons. The minimum Gasteiger partial charge on any atom is -0.378 e. The predicted molar refractivity (Wildman–Crippen MR) is 229 cm³/mol. The first-order valence-corrected chi connectivity index (χ1v) is 20.0. The Hall–Kier alpha value is -6.91. The first kappa shape index (κ1) is 46.6. The number of rotatable bonds is 11.